The number of rotatable bonds is 6. The number of nitrogens with one attached hydrogen (secondary N) is 1. The van der Waals surface area contributed by atoms with Gasteiger partial charge in [0, 0.05) is 13.1 Å². The minimum atomic E-state index is -0.574. The molecule has 1 heterocycles. The Bertz CT molecular complexity index is 362. The summed E-state index contributed by atoms with van der Waals surface area (Å²) in [5.41, 5.74) is -0.574. The van der Waals surface area contributed by atoms with Crippen LogP contribution < -0.4 is 5.32 Å². The fourth-order valence-corrected chi connectivity index (χ4v) is 2.66. The molecule has 1 aromatic heterocycles. The molecule has 0 aromatic carbocycles. The van der Waals surface area contributed by atoms with E-state index in [1.54, 1.807) is 6.26 Å². The van der Waals surface area contributed by atoms with Crippen molar-refractivity contribution in [1.82, 2.24) is 5.32 Å². The Labute approximate surface area is 109 Å². The van der Waals surface area contributed by atoms with Gasteiger partial charge in [-0.25, -0.2) is 0 Å². The van der Waals surface area contributed by atoms with Crippen LogP contribution in [0.5, 0.6) is 0 Å². The highest BCUT2D eigenvalue weighted by atomic mass is 16.3. The van der Waals surface area contributed by atoms with Crippen molar-refractivity contribution in [2.45, 2.75) is 38.2 Å². The Morgan fingerprint density at radius 3 is 2.94 bits per heavy atom. The summed E-state index contributed by atoms with van der Waals surface area (Å²) in [7, 11) is 0. The summed E-state index contributed by atoms with van der Waals surface area (Å²) in [6.07, 6.45) is 10.5. The van der Waals surface area contributed by atoms with E-state index in [9.17, 15) is 5.11 Å². The second-order valence-electron chi connectivity index (χ2n) is 5.39. The van der Waals surface area contributed by atoms with E-state index >= 15 is 0 Å². The molecule has 18 heavy (non-hydrogen) atoms. The molecule has 0 bridgehead atoms. The zero-order valence-electron chi connectivity index (χ0n) is 11.1. The lowest BCUT2D eigenvalue weighted by Gasteiger charge is -2.30. The summed E-state index contributed by atoms with van der Waals surface area (Å²) in [5, 5.41) is 13.7. The van der Waals surface area contributed by atoms with Gasteiger partial charge >= 0.3 is 0 Å². The largest absolute Gasteiger partial charge is 0.465 e. The quantitative estimate of drug-likeness (QED) is 0.762. The topological polar surface area (TPSA) is 45.4 Å². The van der Waals surface area contributed by atoms with Gasteiger partial charge in [-0.1, -0.05) is 18.9 Å². The Hall–Kier alpha value is -1.06. The van der Waals surface area contributed by atoms with Crippen molar-refractivity contribution in [3.05, 3.63) is 30.2 Å². The molecule has 1 aromatic rings. The molecule has 0 aliphatic heterocycles. The molecule has 0 saturated heterocycles. The first-order chi connectivity index (χ1) is 8.68. The van der Waals surface area contributed by atoms with E-state index in [1.807, 2.05) is 31.2 Å². The van der Waals surface area contributed by atoms with Gasteiger partial charge in [-0.3, -0.25) is 0 Å². The summed E-state index contributed by atoms with van der Waals surface area (Å²) in [6.45, 7) is 3.36. The van der Waals surface area contributed by atoms with E-state index in [-0.39, 0.29) is 0 Å². The predicted octanol–water partition coefficient (Wildman–Crippen LogP) is 2.82. The van der Waals surface area contributed by atoms with Gasteiger partial charge < -0.3 is 14.8 Å². The van der Waals surface area contributed by atoms with Gasteiger partial charge in [0.1, 0.15) is 5.76 Å². The Kier molecular flexibility index (Phi) is 4.61. The van der Waals surface area contributed by atoms with Crippen molar-refractivity contribution in [3.63, 3.8) is 0 Å². The molecule has 2 N–H and O–H groups in total. The van der Waals surface area contributed by atoms with Crippen LogP contribution in [-0.2, 0) is 0 Å². The molecule has 3 nitrogen and oxygen atoms in total. The average Bonchev–Trinajstić information content (AvgIpc) is 3.02. The van der Waals surface area contributed by atoms with Crippen LogP contribution in [0.15, 0.2) is 28.9 Å². The molecule has 100 valence electrons. The van der Waals surface area contributed by atoms with E-state index in [0.717, 1.165) is 25.1 Å². The fourth-order valence-electron chi connectivity index (χ4n) is 2.66. The van der Waals surface area contributed by atoms with Crippen molar-refractivity contribution in [2.24, 2.45) is 5.92 Å². The molecular formula is C15H23NO2. The maximum Gasteiger partial charge on any atom is 0.126 e. The molecule has 1 aliphatic carbocycles. The number of hydrogen-bond acceptors (Lipinski definition) is 3. The summed E-state index contributed by atoms with van der Waals surface area (Å²) in [4.78, 5) is 0. The third-order valence-corrected chi connectivity index (χ3v) is 3.81. The standard InChI is InChI=1S/C15H23NO2/c1-15(17,13-6-2-3-7-13)12-16-10-4-8-14-9-5-11-18-14/h4-5,8-9,11,13,16-17H,2-3,6-7,10,12H2,1H3/b8-4+/t15-/m1/s1. The average molecular weight is 249 g/mol. The highest BCUT2D eigenvalue weighted by Crippen LogP contribution is 2.33. The van der Waals surface area contributed by atoms with Crippen LogP contribution in [0.1, 0.15) is 38.4 Å². The third-order valence-electron chi connectivity index (χ3n) is 3.81. The lowest BCUT2D eigenvalue weighted by molar-refractivity contribution is 0.00325. The van der Waals surface area contributed by atoms with E-state index in [2.05, 4.69) is 5.32 Å². The van der Waals surface area contributed by atoms with E-state index in [0.29, 0.717) is 12.5 Å². The fraction of sp³-hybridized carbons (Fsp3) is 0.600. The first kappa shape index (κ1) is 13.4. The monoisotopic (exact) mass is 249 g/mol. The lowest BCUT2D eigenvalue weighted by atomic mass is 9.88. The minimum Gasteiger partial charge on any atom is -0.465 e. The Balaban J connectivity index is 1.68. The first-order valence-corrected chi connectivity index (χ1v) is 6.81. The molecule has 0 radical (unpaired) electrons. The smallest absolute Gasteiger partial charge is 0.126 e. The highest BCUT2D eigenvalue weighted by Gasteiger charge is 2.33. The number of hydrogen-bond donors (Lipinski definition) is 2. The van der Waals surface area contributed by atoms with E-state index in [4.69, 9.17) is 4.42 Å². The Morgan fingerprint density at radius 2 is 2.28 bits per heavy atom. The van der Waals surface area contributed by atoms with Crippen LogP contribution in [0.25, 0.3) is 6.08 Å². The Morgan fingerprint density at radius 1 is 1.50 bits per heavy atom. The summed E-state index contributed by atoms with van der Waals surface area (Å²) >= 11 is 0. The van der Waals surface area contributed by atoms with Gasteiger partial charge in [-0.2, -0.15) is 0 Å². The van der Waals surface area contributed by atoms with Crippen LogP contribution in [0.4, 0.5) is 0 Å². The zero-order valence-corrected chi connectivity index (χ0v) is 11.1. The van der Waals surface area contributed by atoms with Crippen LogP contribution in [-0.4, -0.2) is 23.8 Å². The molecule has 0 spiro atoms. The number of furan rings is 1. The van der Waals surface area contributed by atoms with Crippen molar-refractivity contribution in [2.75, 3.05) is 13.1 Å². The minimum absolute atomic E-state index is 0.457. The molecule has 0 unspecified atom stereocenters. The molecule has 1 aliphatic rings. The van der Waals surface area contributed by atoms with Gasteiger partial charge in [-0.15, -0.1) is 0 Å². The lowest BCUT2D eigenvalue weighted by Crippen LogP contribution is -2.43. The van der Waals surface area contributed by atoms with Crippen molar-refractivity contribution >= 4 is 6.08 Å². The summed E-state index contributed by atoms with van der Waals surface area (Å²) < 4.78 is 5.20. The second-order valence-corrected chi connectivity index (χ2v) is 5.39. The number of aliphatic hydroxyl groups is 1. The van der Waals surface area contributed by atoms with Crippen molar-refractivity contribution < 1.29 is 9.52 Å². The molecule has 1 atom stereocenters. The molecule has 3 heteroatoms. The molecule has 1 saturated carbocycles. The second kappa shape index (κ2) is 6.21. The normalized spacial score (nSPS) is 20.6. The van der Waals surface area contributed by atoms with Crippen LogP contribution in [0, 0.1) is 5.92 Å². The van der Waals surface area contributed by atoms with Gasteiger partial charge in [0.2, 0.25) is 0 Å². The van der Waals surface area contributed by atoms with E-state index < -0.39 is 5.60 Å². The zero-order chi connectivity index (χ0) is 12.8. The molecular weight excluding hydrogens is 226 g/mol. The maximum atomic E-state index is 10.4. The highest BCUT2D eigenvalue weighted by molar-refractivity contribution is 5.42. The first-order valence-electron chi connectivity index (χ1n) is 6.81. The van der Waals surface area contributed by atoms with Crippen LogP contribution in [0.2, 0.25) is 0 Å². The van der Waals surface area contributed by atoms with Crippen molar-refractivity contribution in [3.8, 4) is 0 Å². The molecule has 0 amide bonds. The third kappa shape index (κ3) is 3.72. The summed E-state index contributed by atoms with van der Waals surface area (Å²) in [5.74, 6) is 1.32. The maximum absolute atomic E-state index is 10.4. The predicted molar refractivity (Wildman–Crippen MR) is 73.2 cm³/mol. The molecule has 2 rings (SSSR count). The van der Waals surface area contributed by atoms with Gasteiger partial charge in [-0.05, 0) is 43.9 Å². The van der Waals surface area contributed by atoms with Crippen molar-refractivity contribution in [1.29, 1.82) is 0 Å². The van der Waals surface area contributed by atoms with Gasteiger partial charge in [0.05, 0.1) is 11.9 Å². The SMILES string of the molecule is C[C@@](O)(CNC/C=C/c1ccco1)C1CCCC1. The van der Waals surface area contributed by atoms with Crippen LogP contribution >= 0.6 is 0 Å². The van der Waals surface area contributed by atoms with Gasteiger partial charge in [0.15, 0.2) is 0 Å². The van der Waals surface area contributed by atoms with E-state index in [1.165, 1.54) is 12.8 Å². The summed E-state index contributed by atoms with van der Waals surface area (Å²) in [6, 6.07) is 3.79. The molecule has 1 fully saturated rings. The van der Waals surface area contributed by atoms with Crippen LogP contribution in [0.3, 0.4) is 0 Å². The van der Waals surface area contributed by atoms with Gasteiger partial charge in [0.25, 0.3) is 0 Å².